The van der Waals surface area contributed by atoms with Crippen molar-refractivity contribution >= 4 is 17.5 Å². The Morgan fingerprint density at radius 3 is 2.53 bits per heavy atom. The number of benzene rings is 2. The van der Waals surface area contributed by atoms with Gasteiger partial charge in [-0.1, -0.05) is 35.5 Å². The molecule has 2 aromatic carbocycles. The summed E-state index contributed by atoms with van der Waals surface area (Å²) >= 11 is 6.24. The zero-order chi connectivity index (χ0) is 22.5. The molecule has 2 aromatic heterocycles. The lowest BCUT2D eigenvalue weighted by atomic mass is 10.1. The lowest BCUT2D eigenvalue weighted by molar-refractivity contribution is 0.0789. The summed E-state index contributed by atoms with van der Waals surface area (Å²) < 4.78 is 20.5. The number of hydrogen-bond acceptors (Lipinski definition) is 7. The van der Waals surface area contributed by atoms with Gasteiger partial charge < -0.3 is 10.1 Å². The summed E-state index contributed by atoms with van der Waals surface area (Å²) in [5, 5.41) is 11.7. The largest absolute Gasteiger partial charge is 0.359 e. The van der Waals surface area contributed by atoms with E-state index >= 15 is 0 Å². The highest BCUT2D eigenvalue weighted by Gasteiger charge is 2.21. The van der Waals surface area contributed by atoms with E-state index < -0.39 is 0 Å². The molecule has 0 aliphatic rings. The van der Waals surface area contributed by atoms with Gasteiger partial charge in [0.25, 0.3) is 0 Å². The van der Waals surface area contributed by atoms with Crippen LogP contribution < -0.4 is 5.32 Å². The lowest BCUT2D eigenvalue weighted by Gasteiger charge is -2.15. The fourth-order valence-corrected chi connectivity index (χ4v) is 3.30. The third kappa shape index (κ3) is 4.90. The number of nitrogens with zero attached hydrogens (tertiary/aromatic N) is 6. The molecule has 0 amide bonds. The molecular formula is C22H21ClFN7O. The molecule has 2 heterocycles. The van der Waals surface area contributed by atoms with Crippen LogP contribution in [0.15, 0.2) is 54.6 Å². The Hall–Kier alpha value is -3.43. The summed E-state index contributed by atoms with van der Waals surface area (Å²) in [6.45, 7) is 4.51. The van der Waals surface area contributed by atoms with E-state index in [-0.39, 0.29) is 29.7 Å². The van der Waals surface area contributed by atoms with Crippen molar-refractivity contribution in [2.75, 3.05) is 11.9 Å². The van der Waals surface area contributed by atoms with Crippen molar-refractivity contribution in [3.63, 3.8) is 0 Å². The molecular weight excluding hydrogens is 433 g/mol. The first-order chi connectivity index (χ1) is 15.5. The van der Waals surface area contributed by atoms with Gasteiger partial charge in [-0.3, -0.25) is 0 Å². The normalized spacial score (nSPS) is 12.0. The summed E-state index contributed by atoms with van der Waals surface area (Å²) in [6, 6.07) is 15.8. The van der Waals surface area contributed by atoms with E-state index in [1.54, 1.807) is 12.1 Å². The fraction of sp³-hybridized carbons (Fsp3) is 0.227. The van der Waals surface area contributed by atoms with Gasteiger partial charge in [0.15, 0.2) is 5.82 Å². The molecule has 164 valence electrons. The van der Waals surface area contributed by atoms with Gasteiger partial charge in [-0.2, -0.15) is 15.0 Å². The third-order valence-corrected chi connectivity index (χ3v) is 4.90. The van der Waals surface area contributed by atoms with Gasteiger partial charge in [0.2, 0.25) is 11.2 Å². The van der Waals surface area contributed by atoms with E-state index in [1.165, 1.54) is 16.8 Å². The number of aromatic nitrogens is 6. The maximum atomic E-state index is 13.4. The predicted octanol–water partition coefficient (Wildman–Crippen LogP) is 4.76. The van der Waals surface area contributed by atoms with Crippen molar-refractivity contribution in [1.29, 1.82) is 0 Å². The Morgan fingerprint density at radius 2 is 1.81 bits per heavy atom. The van der Waals surface area contributed by atoms with Crippen molar-refractivity contribution < 1.29 is 9.13 Å². The Balaban J connectivity index is 1.75. The number of anilines is 1. The molecule has 0 saturated heterocycles. The number of hydrogen-bond donors (Lipinski definition) is 1. The van der Waals surface area contributed by atoms with Crippen molar-refractivity contribution in [2.24, 2.45) is 0 Å². The van der Waals surface area contributed by atoms with Gasteiger partial charge in [0, 0.05) is 12.2 Å². The van der Waals surface area contributed by atoms with Crippen LogP contribution in [0.5, 0.6) is 0 Å². The molecule has 0 aliphatic carbocycles. The first-order valence-electron chi connectivity index (χ1n) is 10.1. The topological polar surface area (TPSA) is 90.6 Å². The maximum Gasteiger partial charge on any atom is 0.228 e. The Labute approximate surface area is 189 Å². The standard InChI is InChI=1S/C22H21ClFN7O/c1-3-32-13-31-19(18(29-30-31)16-9-11-17(24)12-10-16)20-26-21(23)28-22(27-20)25-14(2)15-7-5-4-6-8-15/h4-12,14H,3,13H2,1-2H3,(H,25,26,27,28)/t14-/m0/s1. The van der Waals surface area contributed by atoms with Crippen LogP contribution in [0.3, 0.4) is 0 Å². The van der Waals surface area contributed by atoms with Crippen molar-refractivity contribution in [2.45, 2.75) is 26.6 Å². The Bertz CT molecular complexity index is 1180. The highest BCUT2D eigenvalue weighted by molar-refractivity contribution is 6.28. The molecule has 0 bridgehead atoms. The summed E-state index contributed by atoms with van der Waals surface area (Å²) in [6.07, 6.45) is 0. The quantitative estimate of drug-likeness (QED) is 0.411. The second-order valence-corrected chi connectivity index (χ2v) is 7.28. The van der Waals surface area contributed by atoms with E-state index in [2.05, 4.69) is 30.6 Å². The van der Waals surface area contributed by atoms with Crippen molar-refractivity contribution in [3.8, 4) is 22.8 Å². The van der Waals surface area contributed by atoms with E-state index in [0.717, 1.165) is 5.56 Å². The van der Waals surface area contributed by atoms with Gasteiger partial charge in [-0.15, -0.1) is 5.10 Å². The highest BCUT2D eigenvalue weighted by Crippen LogP contribution is 2.30. The molecule has 0 fully saturated rings. The van der Waals surface area contributed by atoms with Gasteiger partial charge in [-0.25, -0.2) is 9.07 Å². The maximum absolute atomic E-state index is 13.4. The van der Waals surface area contributed by atoms with E-state index in [0.29, 0.717) is 29.5 Å². The van der Waals surface area contributed by atoms with Crippen LogP contribution in [0.1, 0.15) is 25.5 Å². The minimum Gasteiger partial charge on any atom is -0.359 e. The molecule has 10 heteroatoms. The molecule has 0 saturated carbocycles. The average molecular weight is 454 g/mol. The molecule has 0 aliphatic heterocycles. The molecule has 0 unspecified atom stereocenters. The highest BCUT2D eigenvalue weighted by atomic mass is 35.5. The number of rotatable bonds is 8. The number of nitrogens with one attached hydrogen (secondary N) is 1. The van der Waals surface area contributed by atoms with Gasteiger partial charge in [0.1, 0.15) is 23.9 Å². The van der Waals surface area contributed by atoms with Crippen molar-refractivity contribution in [1.82, 2.24) is 29.9 Å². The van der Waals surface area contributed by atoms with Crippen LogP contribution in [-0.2, 0) is 11.5 Å². The summed E-state index contributed by atoms with van der Waals surface area (Å²) in [5.41, 5.74) is 2.70. The molecule has 4 aromatic rings. The first-order valence-corrected chi connectivity index (χ1v) is 10.4. The fourth-order valence-electron chi connectivity index (χ4n) is 3.14. The van der Waals surface area contributed by atoms with E-state index in [1.807, 2.05) is 44.2 Å². The van der Waals surface area contributed by atoms with Gasteiger partial charge in [-0.05, 0) is 55.3 Å². The molecule has 0 spiro atoms. The summed E-state index contributed by atoms with van der Waals surface area (Å²) in [7, 11) is 0. The van der Waals surface area contributed by atoms with Crippen molar-refractivity contribution in [3.05, 3.63) is 71.3 Å². The lowest BCUT2D eigenvalue weighted by Crippen LogP contribution is -2.12. The molecule has 1 atom stereocenters. The molecule has 8 nitrogen and oxygen atoms in total. The van der Waals surface area contributed by atoms with Crippen LogP contribution in [0.4, 0.5) is 10.3 Å². The second-order valence-electron chi connectivity index (χ2n) is 6.94. The van der Waals surface area contributed by atoms with Gasteiger partial charge in [0.05, 0.1) is 6.04 Å². The van der Waals surface area contributed by atoms with Crippen LogP contribution >= 0.6 is 11.6 Å². The van der Waals surface area contributed by atoms with E-state index in [4.69, 9.17) is 16.3 Å². The smallest absolute Gasteiger partial charge is 0.228 e. The zero-order valence-corrected chi connectivity index (χ0v) is 18.3. The third-order valence-electron chi connectivity index (χ3n) is 4.74. The average Bonchev–Trinajstić information content (AvgIpc) is 3.22. The van der Waals surface area contributed by atoms with Crippen LogP contribution in [-0.4, -0.2) is 36.6 Å². The van der Waals surface area contributed by atoms with E-state index in [9.17, 15) is 4.39 Å². The predicted molar refractivity (Wildman–Crippen MR) is 119 cm³/mol. The number of halogens is 2. The Morgan fingerprint density at radius 1 is 1.06 bits per heavy atom. The second kappa shape index (κ2) is 9.80. The minimum absolute atomic E-state index is 0.0203. The number of ether oxygens (including phenoxy) is 1. The van der Waals surface area contributed by atoms with Crippen LogP contribution in [0.2, 0.25) is 5.28 Å². The molecule has 1 N–H and O–H groups in total. The van der Waals surface area contributed by atoms with Crippen LogP contribution in [0, 0.1) is 5.82 Å². The Kier molecular flexibility index (Phi) is 6.67. The molecule has 4 rings (SSSR count). The first kappa shape index (κ1) is 21.8. The summed E-state index contributed by atoms with van der Waals surface area (Å²) in [5.74, 6) is 0.240. The SMILES string of the molecule is CCOCn1nnc(-c2ccc(F)cc2)c1-c1nc(Cl)nc(N[C@@H](C)c2ccccc2)n1. The zero-order valence-electron chi connectivity index (χ0n) is 17.5. The summed E-state index contributed by atoms with van der Waals surface area (Å²) in [4.78, 5) is 13.1. The molecule has 32 heavy (non-hydrogen) atoms. The minimum atomic E-state index is -0.346. The monoisotopic (exact) mass is 453 g/mol. The van der Waals surface area contributed by atoms with Crippen LogP contribution in [0.25, 0.3) is 22.8 Å². The van der Waals surface area contributed by atoms with Gasteiger partial charge >= 0.3 is 0 Å². The molecule has 0 radical (unpaired) electrons.